The van der Waals surface area contributed by atoms with Crippen LogP contribution >= 0.6 is 0 Å². The van der Waals surface area contributed by atoms with Crippen LogP contribution in [0.3, 0.4) is 0 Å². The van der Waals surface area contributed by atoms with Crippen LogP contribution in [0.1, 0.15) is 30.5 Å². The summed E-state index contributed by atoms with van der Waals surface area (Å²) in [5.41, 5.74) is 26.5. The third kappa shape index (κ3) is 8.48. The fraction of sp³-hybridized carbons (Fsp3) is 0.0571. The van der Waals surface area contributed by atoms with E-state index in [0.29, 0.717) is 0 Å². The van der Waals surface area contributed by atoms with Gasteiger partial charge in [-0.2, -0.15) is 0 Å². The van der Waals surface area contributed by atoms with Crippen molar-refractivity contribution in [2.75, 3.05) is 10.2 Å². The minimum Gasteiger partial charge on any atom is -0.355 e. The molecule has 0 saturated heterocycles. The number of hydrogen-bond acceptors (Lipinski definition) is 2. The van der Waals surface area contributed by atoms with E-state index in [1.165, 1.54) is 94.6 Å². The van der Waals surface area contributed by atoms with Crippen LogP contribution in [0.2, 0.25) is 0 Å². The number of anilines is 5. The topological polar surface area (TPSA) is 15.3 Å². The molecule has 12 rings (SSSR count). The van der Waals surface area contributed by atoms with Crippen molar-refractivity contribution in [1.29, 1.82) is 0 Å². The number of rotatable bonds is 11. The van der Waals surface area contributed by atoms with Crippen LogP contribution in [0.25, 0.3) is 77.9 Å². The highest BCUT2D eigenvalue weighted by Gasteiger charge is 2.35. The second-order valence-corrected chi connectivity index (χ2v) is 19.5. The van der Waals surface area contributed by atoms with Gasteiger partial charge in [0, 0.05) is 39.4 Å². The average molecular weight is 923 g/mol. The zero-order valence-corrected chi connectivity index (χ0v) is 40.9. The number of hydrogen-bond donors (Lipinski definition) is 1. The summed E-state index contributed by atoms with van der Waals surface area (Å²) >= 11 is 0. The van der Waals surface area contributed by atoms with Crippen molar-refractivity contribution in [3.8, 4) is 77.9 Å². The highest BCUT2D eigenvalue weighted by molar-refractivity contribution is 5.87. The molecule has 0 heterocycles. The zero-order chi connectivity index (χ0) is 48.6. The average Bonchev–Trinajstić information content (AvgIpc) is 3.67. The Morgan fingerprint density at radius 1 is 0.292 bits per heavy atom. The minimum absolute atomic E-state index is 0.0457. The van der Waals surface area contributed by atoms with Gasteiger partial charge in [0.25, 0.3) is 0 Å². The normalized spacial score (nSPS) is 12.2. The SMILES string of the molecule is Cc1ccc(-c2ccc(-c3ccc(-c4ccc(N(c5ccc(-c6ccccc6)cc5)c5ccc(-c6ccc7c(c6)C(C)(C)c6ccccc6-7)cc5)cc4)cc3)cc2)cc1-c1ccccc1Nc1ccccc1. The number of aryl methyl sites for hydroxylation is 1. The third-order valence-corrected chi connectivity index (χ3v) is 14.7. The predicted molar refractivity (Wildman–Crippen MR) is 306 cm³/mol. The first-order chi connectivity index (χ1) is 35.3. The Kier molecular flexibility index (Phi) is 11.5. The maximum Gasteiger partial charge on any atom is 0.0464 e. The lowest BCUT2D eigenvalue weighted by Gasteiger charge is -2.26. The monoisotopic (exact) mass is 922 g/mol. The fourth-order valence-electron chi connectivity index (χ4n) is 10.7. The molecule has 2 heteroatoms. The Hall–Kier alpha value is -8.98. The third-order valence-electron chi connectivity index (χ3n) is 14.7. The van der Waals surface area contributed by atoms with E-state index in [1.807, 2.05) is 6.07 Å². The molecule has 0 spiro atoms. The molecule has 0 amide bonds. The molecule has 11 aromatic rings. The zero-order valence-electron chi connectivity index (χ0n) is 40.9. The quantitative estimate of drug-likeness (QED) is 0.139. The number of para-hydroxylation sites is 2. The molecule has 0 fully saturated rings. The molecule has 0 unspecified atom stereocenters. The van der Waals surface area contributed by atoms with Crippen molar-refractivity contribution in [2.45, 2.75) is 26.2 Å². The van der Waals surface area contributed by atoms with Crippen LogP contribution < -0.4 is 10.2 Å². The second-order valence-electron chi connectivity index (χ2n) is 19.5. The van der Waals surface area contributed by atoms with E-state index in [4.69, 9.17) is 0 Å². The van der Waals surface area contributed by atoms with E-state index in [9.17, 15) is 0 Å². The number of benzene rings is 11. The van der Waals surface area contributed by atoms with E-state index >= 15 is 0 Å². The lowest BCUT2D eigenvalue weighted by molar-refractivity contribution is 0.660. The maximum absolute atomic E-state index is 3.63. The molecule has 344 valence electrons. The smallest absolute Gasteiger partial charge is 0.0464 e. The van der Waals surface area contributed by atoms with Gasteiger partial charge in [-0.15, -0.1) is 0 Å². The van der Waals surface area contributed by atoms with Crippen LogP contribution in [0.5, 0.6) is 0 Å². The molecule has 11 aromatic carbocycles. The first-order valence-corrected chi connectivity index (χ1v) is 25.0. The lowest BCUT2D eigenvalue weighted by Crippen LogP contribution is -2.14. The fourth-order valence-corrected chi connectivity index (χ4v) is 10.7. The summed E-state index contributed by atoms with van der Waals surface area (Å²) < 4.78 is 0. The van der Waals surface area contributed by atoms with Crippen molar-refractivity contribution in [3.05, 3.63) is 284 Å². The predicted octanol–water partition coefficient (Wildman–Crippen LogP) is 19.5. The van der Waals surface area contributed by atoms with Gasteiger partial charge in [0.1, 0.15) is 0 Å². The summed E-state index contributed by atoms with van der Waals surface area (Å²) in [6.07, 6.45) is 0. The molecule has 2 nitrogen and oxygen atoms in total. The molecule has 0 aromatic heterocycles. The largest absolute Gasteiger partial charge is 0.355 e. The van der Waals surface area contributed by atoms with E-state index < -0.39 is 0 Å². The standard InChI is InChI=1S/C70H54N2/c1-48-22-23-57(46-66(48)65-19-11-13-21-69(65)71-59-16-8-5-9-17-59)55-30-28-51(29-31-55)50-24-26-52(27-25-50)54-34-41-61(42-35-54)72(60-39-32-53(33-40-60)49-14-6-4-7-15-49)62-43-36-56(37-44-62)58-38-45-64-63-18-10-12-20-67(63)70(2,3)68(64)47-58/h4-47,71H,1-3H3. The van der Waals surface area contributed by atoms with E-state index in [2.05, 4.69) is 292 Å². The molecule has 0 bridgehead atoms. The van der Waals surface area contributed by atoms with Gasteiger partial charge in [0.15, 0.2) is 0 Å². The van der Waals surface area contributed by atoms with Gasteiger partial charge in [0.2, 0.25) is 0 Å². The number of nitrogens with zero attached hydrogens (tertiary/aromatic N) is 1. The van der Waals surface area contributed by atoms with Crippen molar-refractivity contribution in [2.24, 2.45) is 0 Å². The van der Waals surface area contributed by atoms with Crippen LogP contribution in [-0.4, -0.2) is 0 Å². The minimum atomic E-state index is -0.0457. The van der Waals surface area contributed by atoms with Crippen LogP contribution in [-0.2, 0) is 5.41 Å². The van der Waals surface area contributed by atoms with Crippen LogP contribution in [0, 0.1) is 6.92 Å². The molecule has 1 aliphatic rings. The van der Waals surface area contributed by atoms with Crippen molar-refractivity contribution >= 4 is 28.4 Å². The van der Waals surface area contributed by atoms with Crippen molar-refractivity contribution < 1.29 is 0 Å². The summed E-state index contributed by atoms with van der Waals surface area (Å²) in [5.74, 6) is 0. The molecule has 0 atom stereocenters. The molecule has 1 aliphatic carbocycles. The van der Waals surface area contributed by atoms with Crippen LogP contribution in [0.4, 0.5) is 28.4 Å². The summed E-state index contributed by atoms with van der Waals surface area (Å²) in [6.45, 7) is 6.88. The molecule has 1 N–H and O–H groups in total. The highest BCUT2D eigenvalue weighted by atomic mass is 15.1. The summed E-state index contributed by atoms with van der Waals surface area (Å²) in [6, 6.07) is 97.0. The Labute approximate surface area is 424 Å². The molecule has 0 saturated carbocycles. The molecule has 0 radical (unpaired) electrons. The molecule has 0 aliphatic heterocycles. The van der Waals surface area contributed by atoms with Gasteiger partial charge in [0.05, 0.1) is 0 Å². The van der Waals surface area contributed by atoms with Gasteiger partial charge in [-0.3, -0.25) is 0 Å². The molecular formula is C70H54N2. The Bertz CT molecular complexity index is 3690. The summed E-state index contributed by atoms with van der Waals surface area (Å²) in [7, 11) is 0. The van der Waals surface area contributed by atoms with Crippen LogP contribution in [0.15, 0.2) is 267 Å². The second kappa shape index (κ2) is 18.7. The van der Waals surface area contributed by atoms with E-state index in [0.717, 1.165) is 28.4 Å². The molecule has 72 heavy (non-hydrogen) atoms. The van der Waals surface area contributed by atoms with Gasteiger partial charge in [-0.25, -0.2) is 0 Å². The van der Waals surface area contributed by atoms with Gasteiger partial charge < -0.3 is 10.2 Å². The first kappa shape index (κ1) is 44.2. The van der Waals surface area contributed by atoms with E-state index in [-0.39, 0.29) is 5.41 Å². The van der Waals surface area contributed by atoms with E-state index in [1.54, 1.807) is 0 Å². The lowest BCUT2D eigenvalue weighted by atomic mass is 9.81. The summed E-state index contributed by atoms with van der Waals surface area (Å²) in [4.78, 5) is 2.36. The Morgan fingerprint density at radius 2 is 0.667 bits per heavy atom. The molecular weight excluding hydrogens is 869 g/mol. The van der Waals surface area contributed by atoms with Gasteiger partial charge in [-0.1, -0.05) is 214 Å². The first-order valence-electron chi connectivity index (χ1n) is 25.0. The maximum atomic E-state index is 3.63. The van der Waals surface area contributed by atoms with Gasteiger partial charge in [-0.05, 0) is 163 Å². The Balaban J connectivity index is 0.793. The number of nitrogens with one attached hydrogen (secondary N) is 1. The summed E-state index contributed by atoms with van der Waals surface area (Å²) in [5, 5.41) is 3.63. The van der Waals surface area contributed by atoms with Gasteiger partial charge >= 0.3 is 0 Å². The highest BCUT2D eigenvalue weighted by Crippen LogP contribution is 2.50. The van der Waals surface area contributed by atoms with Crippen molar-refractivity contribution in [1.82, 2.24) is 0 Å². The van der Waals surface area contributed by atoms with Crippen molar-refractivity contribution in [3.63, 3.8) is 0 Å². The number of fused-ring (bicyclic) bond motifs is 3. The Morgan fingerprint density at radius 3 is 1.21 bits per heavy atom.